The largest absolute Gasteiger partial charge is 0.486 e. The van der Waals surface area contributed by atoms with E-state index in [0.29, 0.717) is 13.0 Å². The molecule has 3 aromatic rings. The molecule has 2 heterocycles. The van der Waals surface area contributed by atoms with E-state index in [1.165, 1.54) is 16.9 Å². The van der Waals surface area contributed by atoms with Crippen LogP contribution in [0.4, 0.5) is 5.69 Å². The summed E-state index contributed by atoms with van der Waals surface area (Å²) in [6.45, 7) is 5.54. The van der Waals surface area contributed by atoms with E-state index < -0.39 is 0 Å². The molecule has 0 spiro atoms. The molecule has 30 heavy (non-hydrogen) atoms. The lowest BCUT2D eigenvalue weighted by Crippen LogP contribution is -2.49. The van der Waals surface area contributed by atoms with E-state index in [0.717, 1.165) is 53.3 Å². The fraction of sp³-hybridized carbons (Fsp3) is 0.304. The molecule has 0 radical (unpaired) electrons. The molecule has 0 aliphatic carbocycles. The van der Waals surface area contributed by atoms with Gasteiger partial charge in [-0.2, -0.15) is 0 Å². The number of benzene rings is 2. The summed E-state index contributed by atoms with van der Waals surface area (Å²) in [6, 6.07) is 15.8. The number of aryl methyl sites for hydroxylation is 1. The van der Waals surface area contributed by atoms with Gasteiger partial charge in [0.25, 0.3) is 0 Å². The Morgan fingerprint density at radius 2 is 1.77 bits per heavy atom. The maximum Gasteiger partial charge on any atom is 0.228 e. The first-order valence-corrected chi connectivity index (χ1v) is 11.2. The van der Waals surface area contributed by atoms with Gasteiger partial charge in [-0.05, 0) is 43.3 Å². The second kappa shape index (κ2) is 9.49. The van der Waals surface area contributed by atoms with E-state index in [-0.39, 0.29) is 5.91 Å². The van der Waals surface area contributed by atoms with Crippen LogP contribution in [0.5, 0.6) is 5.75 Å². The molecular formula is C23H24ClN3O2S. The van der Waals surface area contributed by atoms with Gasteiger partial charge in [0.1, 0.15) is 17.4 Å². The van der Waals surface area contributed by atoms with E-state index in [1.54, 1.807) is 0 Å². The van der Waals surface area contributed by atoms with E-state index in [1.807, 2.05) is 65.7 Å². The van der Waals surface area contributed by atoms with Gasteiger partial charge in [-0.1, -0.05) is 29.3 Å². The van der Waals surface area contributed by atoms with Crippen molar-refractivity contribution >= 4 is 34.5 Å². The fourth-order valence-corrected chi connectivity index (χ4v) is 4.24. The number of amides is 1. The van der Waals surface area contributed by atoms with Gasteiger partial charge in [0.15, 0.2) is 0 Å². The van der Waals surface area contributed by atoms with Gasteiger partial charge >= 0.3 is 0 Å². The molecule has 156 valence electrons. The summed E-state index contributed by atoms with van der Waals surface area (Å²) in [7, 11) is 0. The smallest absolute Gasteiger partial charge is 0.228 e. The molecule has 1 amide bonds. The van der Waals surface area contributed by atoms with Gasteiger partial charge in [-0.25, -0.2) is 4.98 Å². The van der Waals surface area contributed by atoms with Crippen LogP contribution in [0, 0.1) is 6.92 Å². The molecule has 1 aromatic heterocycles. The molecule has 4 rings (SSSR count). The Hall–Kier alpha value is -2.57. The van der Waals surface area contributed by atoms with E-state index >= 15 is 0 Å². The van der Waals surface area contributed by atoms with Crippen molar-refractivity contribution in [2.45, 2.75) is 20.0 Å². The van der Waals surface area contributed by atoms with Gasteiger partial charge in [-0.15, -0.1) is 11.3 Å². The first-order chi connectivity index (χ1) is 14.6. The summed E-state index contributed by atoms with van der Waals surface area (Å²) in [6.07, 6.45) is 0.335. The minimum Gasteiger partial charge on any atom is -0.486 e. The Balaban J connectivity index is 1.25. The van der Waals surface area contributed by atoms with Crippen molar-refractivity contribution in [2.75, 3.05) is 31.1 Å². The molecule has 0 N–H and O–H groups in total. The van der Waals surface area contributed by atoms with Crippen LogP contribution in [0.1, 0.15) is 16.3 Å². The highest BCUT2D eigenvalue weighted by molar-refractivity contribution is 7.09. The maximum atomic E-state index is 12.7. The number of thiazole rings is 1. The predicted octanol–water partition coefficient (Wildman–Crippen LogP) is 4.58. The highest BCUT2D eigenvalue weighted by atomic mass is 35.5. The number of carbonyl (C=O) groups is 1. The number of carbonyl (C=O) groups excluding carboxylic acids is 1. The number of ether oxygens (including phenoxy) is 1. The molecular weight excluding hydrogens is 418 g/mol. The Morgan fingerprint density at radius 1 is 1.07 bits per heavy atom. The van der Waals surface area contributed by atoms with Crippen LogP contribution in [0.2, 0.25) is 5.02 Å². The third kappa shape index (κ3) is 5.32. The van der Waals surface area contributed by atoms with Gasteiger partial charge in [0.05, 0.1) is 12.1 Å². The Kier molecular flexibility index (Phi) is 6.55. The average molecular weight is 442 g/mol. The van der Waals surface area contributed by atoms with Crippen LogP contribution < -0.4 is 9.64 Å². The second-order valence-corrected chi connectivity index (χ2v) is 8.73. The minimum absolute atomic E-state index is 0.127. The molecule has 1 aliphatic heterocycles. The summed E-state index contributed by atoms with van der Waals surface area (Å²) in [5.41, 5.74) is 3.16. The third-order valence-corrected chi connectivity index (χ3v) is 6.26. The van der Waals surface area contributed by atoms with Crippen molar-refractivity contribution in [1.29, 1.82) is 0 Å². The molecule has 7 heteroatoms. The molecule has 2 aromatic carbocycles. The predicted molar refractivity (Wildman–Crippen MR) is 122 cm³/mol. The van der Waals surface area contributed by atoms with Crippen LogP contribution in [0.15, 0.2) is 53.9 Å². The number of piperazine rings is 1. The van der Waals surface area contributed by atoms with Crippen molar-refractivity contribution < 1.29 is 9.53 Å². The van der Waals surface area contributed by atoms with Crippen LogP contribution in [0.25, 0.3) is 0 Å². The molecule has 0 atom stereocenters. The molecule has 1 fully saturated rings. The number of hydrogen-bond acceptors (Lipinski definition) is 5. The molecule has 5 nitrogen and oxygen atoms in total. The van der Waals surface area contributed by atoms with E-state index in [9.17, 15) is 4.79 Å². The molecule has 0 unspecified atom stereocenters. The minimum atomic E-state index is 0.127. The highest BCUT2D eigenvalue weighted by Gasteiger charge is 2.22. The average Bonchev–Trinajstić information content (AvgIpc) is 3.21. The monoisotopic (exact) mass is 441 g/mol. The number of anilines is 1. The molecule has 1 saturated heterocycles. The summed E-state index contributed by atoms with van der Waals surface area (Å²) in [5.74, 6) is 0.953. The van der Waals surface area contributed by atoms with Crippen molar-refractivity contribution in [3.05, 3.63) is 75.2 Å². The topological polar surface area (TPSA) is 45.7 Å². The molecule has 0 saturated carbocycles. The van der Waals surface area contributed by atoms with Gasteiger partial charge in [0.2, 0.25) is 5.91 Å². The van der Waals surface area contributed by atoms with E-state index in [4.69, 9.17) is 16.3 Å². The van der Waals surface area contributed by atoms with Crippen molar-refractivity contribution in [3.8, 4) is 5.75 Å². The van der Waals surface area contributed by atoms with Crippen LogP contribution in [-0.4, -0.2) is 42.0 Å². The zero-order valence-corrected chi connectivity index (χ0v) is 18.5. The normalized spacial score (nSPS) is 14.1. The molecule has 1 aliphatic rings. The van der Waals surface area contributed by atoms with Gasteiger partial charge in [-0.3, -0.25) is 4.79 Å². The van der Waals surface area contributed by atoms with Gasteiger partial charge < -0.3 is 14.5 Å². The summed E-state index contributed by atoms with van der Waals surface area (Å²) < 4.78 is 5.78. The van der Waals surface area contributed by atoms with Crippen molar-refractivity contribution in [1.82, 2.24) is 9.88 Å². The van der Waals surface area contributed by atoms with Crippen LogP contribution in [-0.2, 0) is 17.8 Å². The first-order valence-electron chi connectivity index (χ1n) is 9.98. The van der Waals surface area contributed by atoms with E-state index in [2.05, 4.69) is 9.88 Å². The Labute approximate surface area is 185 Å². The number of rotatable bonds is 6. The summed E-state index contributed by atoms with van der Waals surface area (Å²) in [5, 5.41) is 3.57. The highest BCUT2D eigenvalue weighted by Crippen LogP contribution is 2.20. The van der Waals surface area contributed by atoms with Crippen LogP contribution >= 0.6 is 22.9 Å². The Bertz CT molecular complexity index is 980. The number of halogens is 1. The first kappa shape index (κ1) is 20.7. The maximum absolute atomic E-state index is 12.7. The van der Waals surface area contributed by atoms with Gasteiger partial charge in [0, 0.05) is 42.3 Å². The van der Waals surface area contributed by atoms with Crippen molar-refractivity contribution in [2.24, 2.45) is 0 Å². The SMILES string of the molecule is Cc1ccc(OCc2nc(CC(=O)N3CCN(c4ccc(Cl)cc4)CC3)cs2)cc1. The Morgan fingerprint density at radius 3 is 2.47 bits per heavy atom. The number of aromatic nitrogens is 1. The zero-order valence-electron chi connectivity index (χ0n) is 16.9. The standard InChI is InChI=1S/C23H24ClN3O2S/c1-17-2-8-21(9-3-17)29-15-22-25-19(16-30-22)14-23(28)27-12-10-26(11-13-27)20-6-4-18(24)5-7-20/h2-9,16H,10-15H2,1H3. The zero-order chi connectivity index (χ0) is 20.9. The quantitative estimate of drug-likeness (QED) is 0.562. The second-order valence-electron chi connectivity index (χ2n) is 7.36. The number of hydrogen-bond donors (Lipinski definition) is 0. The van der Waals surface area contributed by atoms with Crippen LogP contribution in [0.3, 0.4) is 0 Å². The lowest BCUT2D eigenvalue weighted by atomic mass is 10.2. The fourth-order valence-electron chi connectivity index (χ4n) is 3.41. The lowest BCUT2D eigenvalue weighted by Gasteiger charge is -2.36. The summed E-state index contributed by atoms with van der Waals surface area (Å²) in [4.78, 5) is 21.5. The third-order valence-electron chi connectivity index (χ3n) is 5.14. The summed E-state index contributed by atoms with van der Waals surface area (Å²) >= 11 is 7.50. The number of nitrogens with zero attached hydrogens (tertiary/aromatic N) is 3. The lowest BCUT2D eigenvalue weighted by molar-refractivity contribution is -0.130. The molecule has 0 bridgehead atoms. The van der Waals surface area contributed by atoms with Crippen molar-refractivity contribution in [3.63, 3.8) is 0 Å².